The van der Waals surface area contributed by atoms with E-state index in [1.54, 1.807) is 0 Å². The Balaban J connectivity index is 2.60. The molecule has 1 amide bonds. The maximum Gasteiger partial charge on any atom is 0.226 e. The summed E-state index contributed by atoms with van der Waals surface area (Å²) in [5.41, 5.74) is -1.35. The van der Waals surface area contributed by atoms with E-state index in [1.807, 2.05) is 6.92 Å². The van der Waals surface area contributed by atoms with Crippen LogP contribution in [0.4, 0.5) is 0 Å². The Bertz CT molecular complexity index is 368. The lowest BCUT2D eigenvalue weighted by atomic mass is 10.0. The molecule has 15 heavy (non-hydrogen) atoms. The molecule has 5 nitrogen and oxygen atoms in total. The summed E-state index contributed by atoms with van der Waals surface area (Å²) >= 11 is 0. The molecule has 1 rings (SSSR count). The van der Waals surface area contributed by atoms with Crippen LogP contribution in [0.25, 0.3) is 0 Å². The zero-order valence-electron chi connectivity index (χ0n) is 9.16. The van der Waals surface area contributed by atoms with Crippen LogP contribution in [0.3, 0.4) is 0 Å². The molecule has 0 saturated heterocycles. The Morgan fingerprint density at radius 1 is 1.47 bits per heavy atom. The average Bonchev–Trinajstić information content (AvgIpc) is 2.61. The second kappa shape index (κ2) is 3.45. The highest BCUT2D eigenvalue weighted by atomic mass is 32.2. The van der Waals surface area contributed by atoms with Crippen molar-refractivity contribution < 1.29 is 17.8 Å². The molecule has 6 heteroatoms. The number of nitrogens with one attached hydrogen (secondary N) is 1. The smallest absolute Gasteiger partial charge is 0.226 e. The fourth-order valence-electron chi connectivity index (χ4n) is 1.35. The molecule has 0 aromatic carbocycles. The number of hydrogen-bond donors (Lipinski definition) is 1. The first-order valence-electron chi connectivity index (χ1n) is 4.80. The van der Waals surface area contributed by atoms with Crippen molar-refractivity contribution in [3.63, 3.8) is 0 Å². The molecule has 0 unspecified atom stereocenters. The lowest BCUT2D eigenvalue weighted by Crippen LogP contribution is -2.50. The molecule has 1 saturated carbocycles. The van der Waals surface area contributed by atoms with Crippen LogP contribution in [-0.2, 0) is 14.9 Å². The third-order valence-corrected chi connectivity index (χ3v) is 3.61. The van der Waals surface area contributed by atoms with E-state index in [0.29, 0.717) is 0 Å². The van der Waals surface area contributed by atoms with Crippen LogP contribution in [0.2, 0.25) is 0 Å². The van der Waals surface area contributed by atoms with Crippen LogP contribution in [0, 0.1) is 5.41 Å². The third-order valence-electron chi connectivity index (χ3n) is 2.54. The van der Waals surface area contributed by atoms with Crippen molar-refractivity contribution in [3.8, 4) is 0 Å². The van der Waals surface area contributed by atoms with E-state index in [9.17, 15) is 17.8 Å². The Labute approximate surface area is 90.0 Å². The van der Waals surface area contributed by atoms with Gasteiger partial charge in [-0.25, -0.2) is 8.42 Å². The number of carbonyl (C=O) groups excluding carboxylic acids is 1. The van der Waals surface area contributed by atoms with Gasteiger partial charge in [0.25, 0.3) is 0 Å². The number of amides is 1. The van der Waals surface area contributed by atoms with E-state index < -0.39 is 21.4 Å². The van der Waals surface area contributed by atoms with Gasteiger partial charge in [-0.2, -0.15) is 0 Å². The van der Waals surface area contributed by atoms with Crippen molar-refractivity contribution in [2.24, 2.45) is 5.41 Å². The summed E-state index contributed by atoms with van der Waals surface area (Å²) in [7, 11) is -4.32. The summed E-state index contributed by atoms with van der Waals surface area (Å²) in [5, 5.41) is 2.60. The molecule has 0 radical (unpaired) electrons. The summed E-state index contributed by atoms with van der Waals surface area (Å²) in [6, 6.07) is 0. The van der Waals surface area contributed by atoms with Gasteiger partial charge in [-0.15, -0.1) is 0 Å². The molecule has 88 valence electrons. The highest BCUT2D eigenvalue weighted by molar-refractivity contribution is 7.85. The van der Waals surface area contributed by atoms with Crippen molar-refractivity contribution >= 4 is 16.0 Å². The fourth-order valence-corrected chi connectivity index (χ4v) is 2.31. The molecule has 1 aliphatic carbocycles. The Morgan fingerprint density at radius 3 is 2.27 bits per heavy atom. The van der Waals surface area contributed by atoms with E-state index in [0.717, 1.165) is 12.8 Å². The zero-order valence-corrected chi connectivity index (χ0v) is 9.98. The third kappa shape index (κ3) is 3.79. The molecular formula is C9H16NO4S-. The number of carbonyl (C=O) groups is 1. The quantitative estimate of drug-likeness (QED) is 0.705. The van der Waals surface area contributed by atoms with Crippen LogP contribution < -0.4 is 5.32 Å². The molecule has 1 fully saturated rings. The van der Waals surface area contributed by atoms with Gasteiger partial charge in [0.1, 0.15) is 0 Å². The van der Waals surface area contributed by atoms with Crippen molar-refractivity contribution in [2.45, 2.75) is 39.2 Å². The van der Waals surface area contributed by atoms with Crippen LogP contribution >= 0.6 is 0 Å². The molecule has 0 bridgehead atoms. The largest absolute Gasteiger partial charge is 0.748 e. The van der Waals surface area contributed by atoms with E-state index in [4.69, 9.17) is 0 Å². The topological polar surface area (TPSA) is 86.3 Å². The summed E-state index contributed by atoms with van der Waals surface area (Å²) in [4.78, 5) is 11.6. The molecular weight excluding hydrogens is 218 g/mol. The molecule has 0 aromatic rings. The van der Waals surface area contributed by atoms with Crippen molar-refractivity contribution in [3.05, 3.63) is 0 Å². The van der Waals surface area contributed by atoms with Gasteiger partial charge < -0.3 is 9.87 Å². The first-order valence-corrected chi connectivity index (χ1v) is 6.38. The van der Waals surface area contributed by atoms with Gasteiger partial charge in [-0.3, -0.25) is 4.79 Å². The Kier molecular flexibility index (Phi) is 2.86. The highest BCUT2D eigenvalue weighted by Gasteiger charge is 2.46. The van der Waals surface area contributed by atoms with Gasteiger partial charge >= 0.3 is 0 Å². The van der Waals surface area contributed by atoms with Gasteiger partial charge in [0, 0.05) is 11.0 Å². The Hall–Kier alpha value is -0.620. The molecule has 1 aliphatic rings. The maximum absolute atomic E-state index is 11.6. The summed E-state index contributed by atoms with van der Waals surface area (Å²) in [6.45, 7) is 4.89. The lowest BCUT2D eigenvalue weighted by Gasteiger charge is -2.28. The van der Waals surface area contributed by atoms with Gasteiger partial charge in [-0.05, 0) is 26.7 Å². The fraction of sp³-hybridized carbons (Fsp3) is 0.889. The second-order valence-electron chi connectivity index (χ2n) is 5.10. The van der Waals surface area contributed by atoms with E-state index in [-0.39, 0.29) is 11.3 Å². The summed E-state index contributed by atoms with van der Waals surface area (Å²) in [6.07, 6.45) is 1.64. The van der Waals surface area contributed by atoms with Crippen molar-refractivity contribution in [1.29, 1.82) is 0 Å². The minimum absolute atomic E-state index is 0.170. The maximum atomic E-state index is 11.6. The van der Waals surface area contributed by atoms with Crippen LogP contribution in [0.5, 0.6) is 0 Å². The van der Waals surface area contributed by atoms with Crippen LogP contribution in [0.15, 0.2) is 0 Å². The van der Waals surface area contributed by atoms with E-state index >= 15 is 0 Å². The van der Waals surface area contributed by atoms with E-state index in [2.05, 4.69) is 5.32 Å². The average molecular weight is 234 g/mol. The minimum Gasteiger partial charge on any atom is -0.748 e. The number of hydrogen-bond acceptors (Lipinski definition) is 4. The second-order valence-corrected chi connectivity index (χ2v) is 6.50. The highest BCUT2D eigenvalue weighted by Crippen LogP contribution is 2.45. The minimum atomic E-state index is -4.32. The zero-order chi connectivity index (χ0) is 11.9. The molecule has 0 atom stereocenters. The standard InChI is InChI=1S/C9H17NO4S/c1-8(2,6-15(12,13)14)10-7(11)9(3)4-5-9/h4-6H2,1-3H3,(H,10,11)(H,12,13,14)/p-1. The van der Waals surface area contributed by atoms with E-state index in [1.165, 1.54) is 13.8 Å². The summed E-state index contributed by atoms with van der Waals surface area (Å²) in [5.74, 6) is -0.752. The molecule has 0 heterocycles. The number of rotatable bonds is 4. The normalized spacial score (nSPS) is 19.7. The Morgan fingerprint density at radius 2 is 1.93 bits per heavy atom. The molecule has 1 N–H and O–H groups in total. The van der Waals surface area contributed by atoms with Crippen molar-refractivity contribution in [1.82, 2.24) is 5.32 Å². The predicted molar refractivity (Wildman–Crippen MR) is 54.1 cm³/mol. The molecule has 0 aromatic heterocycles. The van der Waals surface area contributed by atoms with Crippen molar-refractivity contribution in [2.75, 3.05) is 5.75 Å². The first kappa shape index (κ1) is 12.4. The van der Waals surface area contributed by atoms with Gasteiger partial charge in [0.2, 0.25) is 5.91 Å². The molecule has 0 aliphatic heterocycles. The van der Waals surface area contributed by atoms with Gasteiger partial charge in [0.05, 0.1) is 15.9 Å². The first-order chi connectivity index (χ1) is 6.54. The SMILES string of the molecule is CC(C)(CS(=O)(=O)[O-])NC(=O)C1(C)CC1. The predicted octanol–water partition coefficient (Wildman–Crippen LogP) is 0.226. The van der Waals surface area contributed by atoms with Gasteiger partial charge in [0.15, 0.2) is 0 Å². The molecule has 0 spiro atoms. The monoisotopic (exact) mass is 234 g/mol. The van der Waals surface area contributed by atoms with Crippen LogP contribution in [0.1, 0.15) is 33.6 Å². The summed E-state index contributed by atoms with van der Waals surface area (Å²) < 4.78 is 31.8. The van der Waals surface area contributed by atoms with Gasteiger partial charge in [-0.1, -0.05) is 6.92 Å². The lowest BCUT2D eigenvalue weighted by molar-refractivity contribution is -0.127. The van der Waals surface area contributed by atoms with Crippen LogP contribution in [-0.4, -0.2) is 30.2 Å².